The van der Waals surface area contributed by atoms with E-state index >= 15 is 0 Å². The smallest absolute Gasteiger partial charge is 0.128 e. The van der Waals surface area contributed by atoms with Crippen molar-refractivity contribution in [2.24, 2.45) is 5.10 Å². The van der Waals surface area contributed by atoms with Gasteiger partial charge in [0.15, 0.2) is 0 Å². The van der Waals surface area contributed by atoms with Crippen LogP contribution in [0.2, 0.25) is 0 Å². The highest BCUT2D eigenvalue weighted by Gasteiger charge is 2.13. The molecular weight excluding hydrogens is 184 g/mol. The Balaban J connectivity index is 2.56. The first-order valence-electron chi connectivity index (χ1n) is 5.55. The second-order valence-electron chi connectivity index (χ2n) is 4.35. The van der Waals surface area contributed by atoms with E-state index in [9.17, 15) is 0 Å². The summed E-state index contributed by atoms with van der Waals surface area (Å²) < 4.78 is 0.671. The van der Waals surface area contributed by atoms with Crippen LogP contribution < -0.4 is 0 Å². The molecule has 0 N–H and O–H groups in total. The Kier molecular flexibility index (Phi) is 4.50. The molecule has 0 aromatic heterocycles. The van der Waals surface area contributed by atoms with Gasteiger partial charge in [0.2, 0.25) is 0 Å². The maximum absolute atomic E-state index is 4.55. The van der Waals surface area contributed by atoms with Crippen LogP contribution in [-0.4, -0.2) is 24.9 Å². The largest absolute Gasteiger partial charge is 0.199 e. The summed E-state index contributed by atoms with van der Waals surface area (Å²) in [5.41, 5.74) is 1.33. The van der Waals surface area contributed by atoms with Gasteiger partial charge in [-0.25, -0.2) is 0 Å². The molecule has 1 aromatic rings. The van der Waals surface area contributed by atoms with E-state index < -0.39 is 0 Å². The molecule has 0 amide bonds. The van der Waals surface area contributed by atoms with Gasteiger partial charge in [0.1, 0.15) is 6.54 Å². The van der Waals surface area contributed by atoms with Crippen LogP contribution in [0.5, 0.6) is 0 Å². The van der Waals surface area contributed by atoms with Crippen molar-refractivity contribution in [2.75, 3.05) is 14.1 Å². The Morgan fingerprint density at radius 3 is 2.47 bits per heavy atom. The maximum Gasteiger partial charge on any atom is 0.128 e. The van der Waals surface area contributed by atoms with E-state index in [1.165, 1.54) is 5.56 Å². The van der Waals surface area contributed by atoms with Crippen molar-refractivity contribution >= 4 is 6.21 Å². The molecule has 2 heteroatoms. The SMILES string of the molecule is CCC/C=N/[N+](C)(C)Cc1ccccc1. The van der Waals surface area contributed by atoms with Gasteiger partial charge in [0.25, 0.3) is 0 Å². The first-order valence-corrected chi connectivity index (χ1v) is 5.55. The minimum atomic E-state index is 0.671. The molecule has 0 spiro atoms. The molecule has 2 nitrogen and oxygen atoms in total. The highest BCUT2D eigenvalue weighted by Crippen LogP contribution is 2.09. The summed E-state index contributed by atoms with van der Waals surface area (Å²) in [6.45, 7) is 3.12. The van der Waals surface area contributed by atoms with Gasteiger partial charge in [0.05, 0.1) is 20.3 Å². The van der Waals surface area contributed by atoms with Crippen LogP contribution in [0.1, 0.15) is 25.3 Å². The van der Waals surface area contributed by atoms with Crippen LogP contribution in [0.3, 0.4) is 0 Å². The zero-order chi connectivity index (χ0) is 11.1. The van der Waals surface area contributed by atoms with E-state index in [-0.39, 0.29) is 0 Å². The van der Waals surface area contributed by atoms with Gasteiger partial charge in [-0.3, -0.25) is 0 Å². The number of quaternary nitrogens is 1. The van der Waals surface area contributed by atoms with Crippen molar-refractivity contribution in [1.29, 1.82) is 0 Å². The van der Waals surface area contributed by atoms with Crippen molar-refractivity contribution in [3.05, 3.63) is 35.9 Å². The van der Waals surface area contributed by atoms with Crippen LogP contribution in [0, 0.1) is 0 Å². The van der Waals surface area contributed by atoms with Gasteiger partial charge in [-0.1, -0.05) is 48.8 Å². The van der Waals surface area contributed by atoms with Gasteiger partial charge < -0.3 is 0 Å². The second-order valence-corrected chi connectivity index (χ2v) is 4.35. The van der Waals surface area contributed by atoms with E-state index in [2.05, 4.69) is 50.4 Å². The Morgan fingerprint density at radius 2 is 1.87 bits per heavy atom. The summed E-state index contributed by atoms with van der Waals surface area (Å²) in [7, 11) is 4.25. The molecule has 0 saturated heterocycles. The molecule has 0 heterocycles. The molecule has 0 aliphatic heterocycles. The maximum atomic E-state index is 4.55. The highest BCUT2D eigenvalue weighted by atomic mass is 15.6. The topological polar surface area (TPSA) is 12.4 Å². The second kappa shape index (κ2) is 5.66. The summed E-state index contributed by atoms with van der Waals surface area (Å²) in [6, 6.07) is 10.5. The van der Waals surface area contributed by atoms with Gasteiger partial charge in [-0.05, 0) is 6.42 Å². The summed E-state index contributed by atoms with van der Waals surface area (Å²) in [6.07, 6.45) is 4.26. The Hall–Kier alpha value is -1.15. The van der Waals surface area contributed by atoms with Gasteiger partial charge in [0, 0.05) is 5.56 Å². The van der Waals surface area contributed by atoms with Crippen LogP contribution >= 0.6 is 0 Å². The number of benzene rings is 1. The van der Waals surface area contributed by atoms with Crippen LogP contribution in [0.15, 0.2) is 35.4 Å². The molecule has 0 fully saturated rings. The number of rotatable bonds is 5. The van der Waals surface area contributed by atoms with Crippen molar-refractivity contribution < 1.29 is 4.59 Å². The minimum Gasteiger partial charge on any atom is -0.199 e. The van der Waals surface area contributed by atoms with Crippen molar-refractivity contribution in [2.45, 2.75) is 26.3 Å². The lowest BCUT2D eigenvalue weighted by Crippen LogP contribution is -2.32. The Bertz CT molecular complexity index is 302. The number of nitrogens with zero attached hydrogens (tertiary/aromatic N) is 2. The molecule has 0 saturated carbocycles. The molecule has 0 radical (unpaired) electrons. The lowest BCUT2D eigenvalue weighted by Gasteiger charge is -2.22. The molecular formula is C13H21N2+. The number of unbranched alkanes of at least 4 members (excludes halogenated alkanes) is 1. The van der Waals surface area contributed by atoms with E-state index in [1.807, 2.05) is 12.3 Å². The van der Waals surface area contributed by atoms with Gasteiger partial charge in [-0.15, -0.1) is 0 Å². The summed E-state index contributed by atoms with van der Waals surface area (Å²) in [4.78, 5) is 0. The predicted octanol–water partition coefficient (Wildman–Crippen LogP) is 3.05. The molecule has 1 aromatic carbocycles. The van der Waals surface area contributed by atoms with E-state index in [4.69, 9.17) is 0 Å². The molecule has 0 atom stereocenters. The fourth-order valence-electron chi connectivity index (χ4n) is 1.48. The summed E-state index contributed by atoms with van der Waals surface area (Å²) in [5.74, 6) is 0. The summed E-state index contributed by atoms with van der Waals surface area (Å²) >= 11 is 0. The zero-order valence-corrected chi connectivity index (χ0v) is 9.98. The molecule has 1 rings (SSSR count). The van der Waals surface area contributed by atoms with Crippen molar-refractivity contribution in [3.63, 3.8) is 0 Å². The number of hydrogen-bond donors (Lipinski definition) is 0. The third-order valence-electron chi connectivity index (χ3n) is 2.22. The van der Waals surface area contributed by atoms with Crippen molar-refractivity contribution in [3.8, 4) is 0 Å². The van der Waals surface area contributed by atoms with Crippen LogP contribution in [-0.2, 0) is 6.54 Å². The third kappa shape index (κ3) is 4.75. The first-order chi connectivity index (χ1) is 7.14. The lowest BCUT2D eigenvalue weighted by atomic mass is 10.2. The fourth-order valence-corrected chi connectivity index (χ4v) is 1.48. The van der Waals surface area contributed by atoms with Crippen LogP contribution in [0.4, 0.5) is 0 Å². The number of hydrogen-bond acceptors (Lipinski definition) is 1. The van der Waals surface area contributed by atoms with Crippen molar-refractivity contribution in [1.82, 2.24) is 0 Å². The predicted molar refractivity (Wildman–Crippen MR) is 65.7 cm³/mol. The molecule has 15 heavy (non-hydrogen) atoms. The van der Waals surface area contributed by atoms with Gasteiger partial charge in [-0.2, -0.15) is 4.59 Å². The first kappa shape index (κ1) is 11.9. The fraction of sp³-hybridized carbons (Fsp3) is 0.462. The van der Waals surface area contributed by atoms with Gasteiger partial charge >= 0.3 is 0 Å². The van der Waals surface area contributed by atoms with E-state index in [1.54, 1.807) is 0 Å². The molecule has 82 valence electrons. The molecule has 0 aliphatic carbocycles. The molecule has 0 unspecified atom stereocenters. The van der Waals surface area contributed by atoms with E-state index in [0.717, 1.165) is 19.4 Å². The summed E-state index contributed by atoms with van der Waals surface area (Å²) in [5, 5.41) is 4.55. The normalized spacial score (nSPS) is 12.2. The average Bonchev–Trinajstić information content (AvgIpc) is 2.18. The zero-order valence-electron chi connectivity index (χ0n) is 9.98. The quantitative estimate of drug-likeness (QED) is 0.398. The lowest BCUT2D eigenvalue weighted by molar-refractivity contribution is -0.910. The third-order valence-corrected chi connectivity index (χ3v) is 2.22. The standard InChI is InChI=1S/C13H21N2/c1-4-5-11-14-15(2,3)12-13-9-7-6-8-10-13/h6-11H,4-5,12H2,1-3H3/q+1/b14-11+. The molecule has 0 aliphatic rings. The monoisotopic (exact) mass is 205 g/mol. The van der Waals surface area contributed by atoms with Crippen LogP contribution in [0.25, 0.3) is 0 Å². The highest BCUT2D eigenvalue weighted by molar-refractivity contribution is 5.55. The Morgan fingerprint density at radius 1 is 1.20 bits per heavy atom. The Labute approximate surface area is 92.8 Å². The van der Waals surface area contributed by atoms with E-state index in [0.29, 0.717) is 4.59 Å². The molecule has 0 bridgehead atoms. The average molecular weight is 205 g/mol. The minimum absolute atomic E-state index is 0.671.